The minimum absolute atomic E-state index is 0.0657. The summed E-state index contributed by atoms with van der Waals surface area (Å²) in [6, 6.07) is 5.95. The smallest absolute Gasteiger partial charge is 0.387 e. The first-order chi connectivity index (χ1) is 8.52. The van der Waals surface area contributed by atoms with E-state index in [0.29, 0.717) is 0 Å². The van der Waals surface area contributed by atoms with Gasteiger partial charge in [0.25, 0.3) is 0 Å². The third kappa shape index (κ3) is 4.87. The molecule has 1 unspecified atom stereocenters. The van der Waals surface area contributed by atoms with Gasteiger partial charge in [-0.1, -0.05) is 12.1 Å². The predicted molar refractivity (Wildman–Crippen MR) is 63.1 cm³/mol. The van der Waals surface area contributed by atoms with E-state index in [1.807, 2.05) is 0 Å². The van der Waals surface area contributed by atoms with Crippen LogP contribution >= 0.6 is 11.6 Å². The van der Waals surface area contributed by atoms with Crippen molar-refractivity contribution in [3.63, 3.8) is 0 Å². The molecule has 0 spiro atoms. The van der Waals surface area contributed by atoms with Crippen LogP contribution in [0.2, 0.25) is 0 Å². The number of halogens is 3. The van der Waals surface area contributed by atoms with Crippen molar-refractivity contribution < 1.29 is 23.0 Å². The second kappa shape index (κ2) is 7.16. The molecule has 1 rings (SSSR count). The van der Waals surface area contributed by atoms with Crippen LogP contribution in [0.3, 0.4) is 0 Å². The van der Waals surface area contributed by atoms with Crippen LogP contribution in [0.15, 0.2) is 24.3 Å². The third-order valence-electron chi connectivity index (χ3n) is 2.11. The van der Waals surface area contributed by atoms with Crippen LogP contribution in [-0.4, -0.2) is 24.6 Å². The molecule has 0 aliphatic heterocycles. The first kappa shape index (κ1) is 14.7. The number of esters is 1. The van der Waals surface area contributed by atoms with Crippen LogP contribution in [0.25, 0.3) is 0 Å². The molecular formula is C12H13ClF2O3. The second-order valence-electron chi connectivity index (χ2n) is 3.45. The molecule has 0 saturated carbocycles. The molecule has 6 heteroatoms. The quantitative estimate of drug-likeness (QED) is 0.593. The van der Waals surface area contributed by atoms with Crippen molar-refractivity contribution in [1.82, 2.24) is 0 Å². The molecule has 0 N–H and O–H groups in total. The maximum absolute atomic E-state index is 11.9. The van der Waals surface area contributed by atoms with Gasteiger partial charge in [-0.25, -0.2) is 0 Å². The van der Waals surface area contributed by atoms with E-state index >= 15 is 0 Å². The summed E-state index contributed by atoms with van der Waals surface area (Å²) in [5, 5.41) is -0.785. The number of benzene rings is 1. The number of carbonyl (C=O) groups is 1. The Hall–Kier alpha value is -1.36. The maximum atomic E-state index is 11.9. The lowest BCUT2D eigenvalue weighted by Gasteiger charge is -2.09. The SMILES string of the molecule is CCOC(=O)C(Cl)Cc1ccc(OC(F)F)cc1. The summed E-state index contributed by atoms with van der Waals surface area (Å²) in [7, 11) is 0. The number of ether oxygens (including phenoxy) is 2. The Morgan fingerprint density at radius 1 is 1.33 bits per heavy atom. The molecule has 1 aromatic carbocycles. The van der Waals surface area contributed by atoms with Gasteiger partial charge in [0.05, 0.1) is 6.61 Å². The summed E-state index contributed by atoms with van der Waals surface area (Å²) in [5.74, 6) is -0.428. The van der Waals surface area contributed by atoms with Gasteiger partial charge < -0.3 is 9.47 Å². The fourth-order valence-electron chi connectivity index (χ4n) is 1.33. The molecule has 18 heavy (non-hydrogen) atoms. The van der Waals surface area contributed by atoms with Gasteiger partial charge in [-0.15, -0.1) is 11.6 Å². The fraction of sp³-hybridized carbons (Fsp3) is 0.417. The number of hydrogen-bond donors (Lipinski definition) is 0. The van der Waals surface area contributed by atoms with Crippen LogP contribution in [-0.2, 0) is 16.0 Å². The summed E-state index contributed by atoms with van der Waals surface area (Å²) in [6.07, 6.45) is 0.273. The lowest BCUT2D eigenvalue weighted by Crippen LogP contribution is -2.20. The summed E-state index contributed by atoms with van der Waals surface area (Å²) >= 11 is 5.84. The van der Waals surface area contributed by atoms with E-state index in [1.54, 1.807) is 19.1 Å². The van der Waals surface area contributed by atoms with E-state index in [0.717, 1.165) is 5.56 Å². The van der Waals surface area contributed by atoms with Gasteiger partial charge in [0.1, 0.15) is 11.1 Å². The fourth-order valence-corrected chi connectivity index (χ4v) is 1.57. The average Bonchev–Trinajstić information content (AvgIpc) is 2.31. The number of hydrogen-bond acceptors (Lipinski definition) is 3. The molecule has 0 saturated heterocycles. The molecule has 0 aliphatic rings. The molecule has 100 valence electrons. The second-order valence-corrected chi connectivity index (χ2v) is 3.97. The van der Waals surface area contributed by atoms with E-state index in [2.05, 4.69) is 4.74 Å². The number of alkyl halides is 3. The largest absolute Gasteiger partial charge is 0.465 e. The van der Waals surface area contributed by atoms with Crippen molar-refractivity contribution in [2.24, 2.45) is 0 Å². The molecule has 0 fully saturated rings. The Labute approximate surface area is 109 Å². The molecule has 0 amide bonds. The van der Waals surface area contributed by atoms with Crippen LogP contribution < -0.4 is 4.74 Å². The van der Waals surface area contributed by atoms with Crippen molar-refractivity contribution in [3.8, 4) is 5.75 Å². The first-order valence-electron chi connectivity index (χ1n) is 5.37. The minimum atomic E-state index is -2.85. The lowest BCUT2D eigenvalue weighted by molar-refractivity contribution is -0.142. The molecule has 1 aromatic rings. The summed E-state index contributed by atoms with van der Waals surface area (Å²) < 4.78 is 32.8. The van der Waals surface area contributed by atoms with Crippen LogP contribution in [0.4, 0.5) is 8.78 Å². The Bertz CT molecular complexity index is 381. The lowest BCUT2D eigenvalue weighted by atomic mass is 10.1. The third-order valence-corrected chi connectivity index (χ3v) is 2.44. The summed E-state index contributed by atoms with van der Waals surface area (Å²) in [5.41, 5.74) is 0.740. The molecule has 1 atom stereocenters. The zero-order chi connectivity index (χ0) is 13.5. The van der Waals surface area contributed by atoms with Crippen LogP contribution in [0.5, 0.6) is 5.75 Å². The highest BCUT2D eigenvalue weighted by Gasteiger charge is 2.17. The molecule has 0 heterocycles. The Morgan fingerprint density at radius 2 is 1.94 bits per heavy atom. The summed E-state index contributed by atoms with van der Waals surface area (Å²) in [4.78, 5) is 11.3. The molecular weight excluding hydrogens is 266 g/mol. The van der Waals surface area contributed by atoms with Crippen LogP contribution in [0.1, 0.15) is 12.5 Å². The van der Waals surface area contributed by atoms with Gasteiger partial charge in [0.2, 0.25) is 0 Å². The monoisotopic (exact) mass is 278 g/mol. The van der Waals surface area contributed by atoms with Gasteiger partial charge >= 0.3 is 12.6 Å². The highest BCUT2D eigenvalue weighted by Crippen LogP contribution is 2.17. The highest BCUT2D eigenvalue weighted by molar-refractivity contribution is 6.30. The number of carbonyl (C=O) groups excluding carboxylic acids is 1. The van der Waals surface area contributed by atoms with Crippen molar-refractivity contribution >= 4 is 17.6 Å². The summed E-state index contributed by atoms with van der Waals surface area (Å²) in [6.45, 7) is -0.891. The predicted octanol–water partition coefficient (Wildman–Crippen LogP) is 3.00. The van der Waals surface area contributed by atoms with Crippen molar-refractivity contribution in [2.45, 2.75) is 25.3 Å². The van der Waals surface area contributed by atoms with Gasteiger partial charge in [-0.3, -0.25) is 4.79 Å². The average molecular weight is 279 g/mol. The van der Waals surface area contributed by atoms with E-state index in [-0.39, 0.29) is 18.8 Å². The Morgan fingerprint density at radius 3 is 2.44 bits per heavy atom. The molecule has 0 aromatic heterocycles. The normalized spacial score (nSPS) is 12.3. The zero-order valence-electron chi connectivity index (χ0n) is 9.74. The minimum Gasteiger partial charge on any atom is -0.465 e. The Balaban J connectivity index is 2.55. The van der Waals surface area contributed by atoms with Gasteiger partial charge in [-0.05, 0) is 31.0 Å². The molecule has 3 nitrogen and oxygen atoms in total. The van der Waals surface area contributed by atoms with Crippen LogP contribution in [0, 0.1) is 0 Å². The molecule has 0 radical (unpaired) electrons. The van der Waals surface area contributed by atoms with E-state index in [4.69, 9.17) is 16.3 Å². The van der Waals surface area contributed by atoms with Crippen molar-refractivity contribution in [2.75, 3.05) is 6.61 Å². The van der Waals surface area contributed by atoms with E-state index in [9.17, 15) is 13.6 Å². The van der Waals surface area contributed by atoms with E-state index in [1.165, 1.54) is 12.1 Å². The topological polar surface area (TPSA) is 35.5 Å². The van der Waals surface area contributed by atoms with Crippen molar-refractivity contribution in [3.05, 3.63) is 29.8 Å². The zero-order valence-corrected chi connectivity index (χ0v) is 10.5. The van der Waals surface area contributed by atoms with E-state index < -0.39 is 18.0 Å². The standard InChI is InChI=1S/C12H13ClF2O3/c1-2-17-11(16)10(13)7-8-3-5-9(6-4-8)18-12(14)15/h3-6,10,12H,2,7H2,1H3. The highest BCUT2D eigenvalue weighted by atomic mass is 35.5. The Kier molecular flexibility index (Phi) is 5.85. The molecule has 0 bridgehead atoms. The van der Waals surface area contributed by atoms with Gasteiger partial charge in [-0.2, -0.15) is 8.78 Å². The van der Waals surface area contributed by atoms with Gasteiger partial charge in [0, 0.05) is 0 Å². The molecule has 0 aliphatic carbocycles. The number of rotatable bonds is 6. The van der Waals surface area contributed by atoms with Crippen molar-refractivity contribution in [1.29, 1.82) is 0 Å². The maximum Gasteiger partial charge on any atom is 0.387 e. The first-order valence-corrected chi connectivity index (χ1v) is 5.81. The van der Waals surface area contributed by atoms with Gasteiger partial charge in [0.15, 0.2) is 0 Å².